The number of Topliss-reactive ketones (excluding diaryl/α,β-unsaturated/α-hetero) is 1. The van der Waals surface area contributed by atoms with Gasteiger partial charge in [-0.25, -0.2) is 0 Å². The number of ketones is 1. The summed E-state index contributed by atoms with van der Waals surface area (Å²) in [6, 6.07) is -0.276. The molecule has 0 rings (SSSR count). The summed E-state index contributed by atoms with van der Waals surface area (Å²) in [6.45, 7) is 10.4. The Bertz CT molecular complexity index is 167. The molecular weight excluding hydrogens is 162 g/mol. The third-order valence-corrected chi connectivity index (χ3v) is 2.21. The van der Waals surface area contributed by atoms with E-state index in [0.717, 1.165) is 6.42 Å². The Morgan fingerprint density at radius 2 is 1.77 bits per heavy atom. The molecule has 0 aromatic carbocycles. The normalized spacial score (nSPS) is 14.7. The standard InChI is InChI=1S/C11H23NO/c1-8(2)10(12)9(13)6-7-11(3,4)5/h8,10H,6-7,12H2,1-5H3. The number of nitrogens with two attached hydrogens (primary N) is 1. The minimum atomic E-state index is -0.276. The fraction of sp³-hybridized carbons (Fsp3) is 0.909. The van der Waals surface area contributed by atoms with Crippen molar-refractivity contribution in [3.8, 4) is 0 Å². The zero-order valence-electron chi connectivity index (χ0n) is 9.55. The predicted molar refractivity (Wildman–Crippen MR) is 56.5 cm³/mol. The van der Waals surface area contributed by atoms with E-state index in [1.807, 2.05) is 13.8 Å². The molecule has 0 spiro atoms. The molecule has 2 N–H and O–H groups in total. The topological polar surface area (TPSA) is 43.1 Å². The summed E-state index contributed by atoms with van der Waals surface area (Å²) < 4.78 is 0. The van der Waals surface area contributed by atoms with Crippen LogP contribution in [0.3, 0.4) is 0 Å². The van der Waals surface area contributed by atoms with E-state index in [-0.39, 0.29) is 23.2 Å². The van der Waals surface area contributed by atoms with Gasteiger partial charge in [0.25, 0.3) is 0 Å². The van der Waals surface area contributed by atoms with E-state index in [2.05, 4.69) is 20.8 Å². The van der Waals surface area contributed by atoms with E-state index in [9.17, 15) is 4.79 Å². The molecule has 2 nitrogen and oxygen atoms in total. The average molecular weight is 185 g/mol. The zero-order chi connectivity index (χ0) is 10.6. The Balaban J connectivity index is 3.89. The lowest BCUT2D eigenvalue weighted by atomic mass is 9.87. The summed E-state index contributed by atoms with van der Waals surface area (Å²) >= 11 is 0. The second-order valence-electron chi connectivity index (χ2n) is 5.30. The first kappa shape index (κ1) is 12.6. The lowest BCUT2D eigenvalue weighted by molar-refractivity contribution is -0.121. The number of hydrogen-bond acceptors (Lipinski definition) is 2. The molecule has 0 aromatic rings. The van der Waals surface area contributed by atoms with E-state index >= 15 is 0 Å². The van der Waals surface area contributed by atoms with Crippen molar-refractivity contribution in [1.82, 2.24) is 0 Å². The molecule has 78 valence electrons. The van der Waals surface area contributed by atoms with Crippen LogP contribution in [0, 0.1) is 11.3 Å². The lowest BCUT2D eigenvalue weighted by Gasteiger charge is -2.20. The molecule has 0 saturated heterocycles. The summed E-state index contributed by atoms with van der Waals surface area (Å²) in [5.74, 6) is 0.456. The van der Waals surface area contributed by atoms with E-state index in [1.54, 1.807) is 0 Å². The fourth-order valence-electron chi connectivity index (χ4n) is 1.04. The Labute approximate surface area is 81.9 Å². The molecule has 0 amide bonds. The summed E-state index contributed by atoms with van der Waals surface area (Å²) in [5, 5.41) is 0. The van der Waals surface area contributed by atoms with Gasteiger partial charge in [0.1, 0.15) is 5.78 Å². The van der Waals surface area contributed by atoms with Gasteiger partial charge in [-0.2, -0.15) is 0 Å². The lowest BCUT2D eigenvalue weighted by Crippen LogP contribution is -2.35. The third-order valence-electron chi connectivity index (χ3n) is 2.21. The first-order valence-electron chi connectivity index (χ1n) is 5.02. The van der Waals surface area contributed by atoms with Crippen LogP contribution in [0.5, 0.6) is 0 Å². The van der Waals surface area contributed by atoms with Crippen LogP contribution in [0.2, 0.25) is 0 Å². The van der Waals surface area contributed by atoms with E-state index in [1.165, 1.54) is 0 Å². The molecule has 0 heterocycles. The van der Waals surface area contributed by atoms with Gasteiger partial charge in [-0.05, 0) is 17.8 Å². The van der Waals surface area contributed by atoms with Crippen molar-refractivity contribution in [2.45, 2.75) is 53.5 Å². The molecule has 0 fully saturated rings. The molecule has 0 saturated carbocycles. The van der Waals surface area contributed by atoms with Gasteiger partial charge in [-0.15, -0.1) is 0 Å². The largest absolute Gasteiger partial charge is 0.321 e. The molecular formula is C11H23NO. The maximum Gasteiger partial charge on any atom is 0.149 e. The van der Waals surface area contributed by atoms with Crippen LogP contribution in [-0.4, -0.2) is 11.8 Å². The number of carbonyl (C=O) groups is 1. The highest BCUT2D eigenvalue weighted by Gasteiger charge is 2.19. The predicted octanol–water partition coefficient (Wildman–Crippen LogP) is 2.37. The molecule has 0 aliphatic heterocycles. The molecule has 1 atom stereocenters. The molecule has 0 aliphatic carbocycles. The molecule has 1 unspecified atom stereocenters. The van der Waals surface area contributed by atoms with E-state index in [4.69, 9.17) is 5.73 Å². The quantitative estimate of drug-likeness (QED) is 0.730. The van der Waals surface area contributed by atoms with Gasteiger partial charge in [-0.1, -0.05) is 34.6 Å². The van der Waals surface area contributed by atoms with Crippen LogP contribution in [0.4, 0.5) is 0 Å². The van der Waals surface area contributed by atoms with E-state index < -0.39 is 0 Å². The van der Waals surface area contributed by atoms with Crippen LogP contribution < -0.4 is 5.73 Å². The SMILES string of the molecule is CC(C)C(N)C(=O)CCC(C)(C)C. The van der Waals surface area contributed by atoms with Crippen LogP contribution in [0.1, 0.15) is 47.5 Å². The Morgan fingerprint density at radius 3 is 2.08 bits per heavy atom. The minimum absolute atomic E-state index is 0.199. The molecule has 0 aliphatic rings. The van der Waals surface area contributed by atoms with E-state index in [0.29, 0.717) is 6.42 Å². The van der Waals surface area contributed by atoms with Crippen molar-refractivity contribution in [3.63, 3.8) is 0 Å². The highest BCUT2D eigenvalue weighted by atomic mass is 16.1. The minimum Gasteiger partial charge on any atom is -0.321 e. The van der Waals surface area contributed by atoms with Gasteiger partial charge in [0.15, 0.2) is 0 Å². The Hall–Kier alpha value is -0.370. The molecule has 0 aromatic heterocycles. The van der Waals surface area contributed by atoms with Crippen LogP contribution in [0.25, 0.3) is 0 Å². The van der Waals surface area contributed by atoms with Gasteiger partial charge in [-0.3, -0.25) is 4.79 Å². The van der Waals surface area contributed by atoms with Gasteiger partial charge >= 0.3 is 0 Å². The smallest absolute Gasteiger partial charge is 0.149 e. The third kappa shape index (κ3) is 5.81. The summed E-state index contributed by atoms with van der Waals surface area (Å²) in [6.07, 6.45) is 1.54. The van der Waals surface area contributed by atoms with Crippen molar-refractivity contribution in [2.24, 2.45) is 17.1 Å². The van der Waals surface area contributed by atoms with Gasteiger partial charge in [0, 0.05) is 6.42 Å². The fourth-order valence-corrected chi connectivity index (χ4v) is 1.04. The van der Waals surface area contributed by atoms with Crippen LogP contribution >= 0.6 is 0 Å². The highest BCUT2D eigenvalue weighted by Crippen LogP contribution is 2.21. The number of rotatable bonds is 4. The first-order valence-corrected chi connectivity index (χ1v) is 5.02. The number of carbonyl (C=O) groups excluding carboxylic acids is 1. The van der Waals surface area contributed by atoms with Crippen LogP contribution in [-0.2, 0) is 4.79 Å². The Morgan fingerprint density at radius 1 is 1.31 bits per heavy atom. The second kappa shape index (κ2) is 4.75. The van der Waals surface area contributed by atoms with Crippen molar-refractivity contribution >= 4 is 5.78 Å². The van der Waals surface area contributed by atoms with Crippen LogP contribution in [0.15, 0.2) is 0 Å². The van der Waals surface area contributed by atoms with Crippen molar-refractivity contribution < 1.29 is 4.79 Å². The van der Waals surface area contributed by atoms with Gasteiger partial charge in [0.2, 0.25) is 0 Å². The first-order chi connectivity index (χ1) is 5.74. The average Bonchev–Trinajstić information content (AvgIpc) is 1.97. The molecule has 13 heavy (non-hydrogen) atoms. The number of hydrogen-bond donors (Lipinski definition) is 1. The van der Waals surface area contributed by atoms with Crippen molar-refractivity contribution in [2.75, 3.05) is 0 Å². The van der Waals surface area contributed by atoms with Gasteiger partial charge < -0.3 is 5.73 Å². The molecule has 0 bridgehead atoms. The maximum absolute atomic E-state index is 11.5. The van der Waals surface area contributed by atoms with Crippen molar-refractivity contribution in [1.29, 1.82) is 0 Å². The molecule has 2 heteroatoms. The summed E-state index contributed by atoms with van der Waals surface area (Å²) in [5.41, 5.74) is 5.97. The maximum atomic E-state index is 11.5. The zero-order valence-corrected chi connectivity index (χ0v) is 9.55. The summed E-state index contributed by atoms with van der Waals surface area (Å²) in [7, 11) is 0. The van der Waals surface area contributed by atoms with Gasteiger partial charge in [0.05, 0.1) is 6.04 Å². The highest BCUT2D eigenvalue weighted by molar-refractivity contribution is 5.83. The Kier molecular flexibility index (Phi) is 4.62. The molecule has 0 radical (unpaired) electrons. The van der Waals surface area contributed by atoms with Crippen molar-refractivity contribution in [3.05, 3.63) is 0 Å². The second-order valence-corrected chi connectivity index (χ2v) is 5.30. The summed E-state index contributed by atoms with van der Waals surface area (Å²) in [4.78, 5) is 11.5. The monoisotopic (exact) mass is 185 g/mol.